The van der Waals surface area contributed by atoms with Crippen molar-refractivity contribution < 1.29 is 58.2 Å². The highest BCUT2D eigenvalue weighted by molar-refractivity contribution is 5.74. The predicted molar refractivity (Wildman–Crippen MR) is 302 cm³/mol. The largest absolute Gasteiger partial charge is 0.479 e. The van der Waals surface area contributed by atoms with E-state index in [1.165, 1.54) is 0 Å². The molecule has 3 N–H and O–H groups in total. The quantitative estimate of drug-likeness (QED) is 0.0228. The topological polar surface area (TPSA) is 175 Å². The molecule has 12 heteroatoms. The van der Waals surface area contributed by atoms with Crippen molar-refractivity contribution in [2.24, 2.45) is 0 Å². The number of allylic oxidation sites excluding steroid dienone is 24. The van der Waals surface area contributed by atoms with E-state index in [9.17, 15) is 34.5 Å². The lowest BCUT2D eigenvalue weighted by molar-refractivity contribution is -0.301. The number of aliphatic hydroxyl groups is 2. The minimum Gasteiger partial charge on any atom is -0.479 e. The van der Waals surface area contributed by atoms with Crippen LogP contribution < -0.4 is 0 Å². The Kier molecular flexibility index (Phi) is 44.6. The summed E-state index contributed by atoms with van der Waals surface area (Å²) in [4.78, 5) is 51.0. The molecule has 0 aromatic heterocycles. The molecule has 6 atom stereocenters. The van der Waals surface area contributed by atoms with Gasteiger partial charge in [-0.15, -0.1) is 0 Å². The van der Waals surface area contributed by atoms with Gasteiger partial charge < -0.3 is 39.0 Å². The number of carboxylic acids is 1. The van der Waals surface area contributed by atoms with Gasteiger partial charge in [-0.3, -0.25) is 14.4 Å². The number of unbranched alkanes of at least 4 members (excludes halogenated alkanes) is 6. The van der Waals surface area contributed by atoms with Gasteiger partial charge in [-0.1, -0.05) is 186 Å². The van der Waals surface area contributed by atoms with Crippen molar-refractivity contribution >= 4 is 23.9 Å². The second-order valence-corrected chi connectivity index (χ2v) is 18.1. The number of hydrogen-bond acceptors (Lipinski definition) is 11. The Hall–Kier alpha value is -5.40. The van der Waals surface area contributed by atoms with Gasteiger partial charge in [-0.2, -0.15) is 0 Å². The van der Waals surface area contributed by atoms with Crippen LogP contribution in [0.2, 0.25) is 0 Å². The maximum absolute atomic E-state index is 13.1. The van der Waals surface area contributed by atoms with E-state index in [4.69, 9.17) is 23.7 Å². The van der Waals surface area contributed by atoms with Gasteiger partial charge in [0.1, 0.15) is 18.8 Å². The van der Waals surface area contributed by atoms with Crippen molar-refractivity contribution in [3.05, 3.63) is 146 Å². The van der Waals surface area contributed by atoms with Crippen molar-refractivity contribution in [2.75, 3.05) is 13.2 Å². The molecule has 12 nitrogen and oxygen atoms in total. The van der Waals surface area contributed by atoms with Crippen LogP contribution in [-0.4, -0.2) is 89.2 Å². The van der Waals surface area contributed by atoms with Gasteiger partial charge in [0.2, 0.25) is 0 Å². The lowest BCUT2D eigenvalue weighted by Gasteiger charge is -2.40. The number of carboxylic acid groups (broad SMARTS) is 1. The van der Waals surface area contributed by atoms with Crippen LogP contribution in [0.15, 0.2) is 146 Å². The summed E-state index contributed by atoms with van der Waals surface area (Å²) in [5.74, 6) is -3.36. The van der Waals surface area contributed by atoms with Gasteiger partial charge in [0.15, 0.2) is 24.6 Å². The first kappa shape index (κ1) is 67.6. The predicted octanol–water partition coefficient (Wildman–Crippen LogP) is 14.0. The van der Waals surface area contributed by atoms with E-state index in [2.05, 4.69) is 136 Å². The normalized spacial score (nSPS) is 19.3. The molecule has 0 bridgehead atoms. The summed E-state index contributed by atoms with van der Waals surface area (Å²) in [5.41, 5.74) is 0. The van der Waals surface area contributed by atoms with Gasteiger partial charge in [0.25, 0.3) is 0 Å². The van der Waals surface area contributed by atoms with Crippen molar-refractivity contribution in [1.29, 1.82) is 0 Å². The lowest BCUT2D eigenvalue weighted by Crippen LogP contribution is -2.61. The molecule has 1 saturated heterocycles. The van der Waals surface area contributed by atoms with E-state index in [1.807, 2.05) is 30.4 Å². The SMILES string of the molecule is CC/C=C\C/C=C\C/C=C\C/C=C\C/C=C\CCCC(=O)OC1C(OCC(COC(=O)CCCCCCC/C=C\C/C=C\C/C=C\CC)OC(=O)CC/C=C\C/C=C\C/C=C\C/C=C\CC)OC(C(=O)O)C(O)C1O. The van der Waals surface area contributed by atoms with E-state index < -0.39 is 67.3 Å². The fourth-order valence-corrected chi connectivity index (χ4v) is 7.25. The van der Waals surface area contributed by atoms with Gasteiger partial charge in [-0.05, 0) is 116 Å². The molecule has 0 amide bonds. The summed E-state index contributed by atoms with van der Waals surface area (Å²) in [7, 11) is 0. The smallest absolute Gasteiger partial charge is 0.335 e. The molecular formula is C63H94O12. The van der Waals surface area contributed by atoms with Crippen LogP contribution in [0.5, 0.6) is 0 Å². The highest BCUT2D eigenvalue weighted by Crippen LogP contribution is 2.26. The Bertz CT molecular complexity index is 1860. The first-order chi connectivity index (χ1) is 36.6. The van der Waals surface area contributed by atoms with Crippen molar-refractivity contribution in [3.63, 3.8) is 0 Å². The number of carbonyl (C=O) groups is 4. The van der Waals surface area contributed by atoms with Crippen LogP contribution in [0.3, 0.4) is 0 Å². The zero-order valence-electron chi connectivity index (χ0n) is 45.7. The first-order valence-electron chi connectivity index (χ1n) is 27.8. The minimum absolute atomic E-state index is 0.0221. The van der Waals surface area contributed by atoms with Gasteiger partial charge in [-0.25, -0.2) is 4.79 Å². The lowest BCUT2D eigenvalue weighted by atomic mass is 9.98. The average molecular weight is 1040 g/mol. The van der Waals surface area contributed by atoms with E-state index in [-0.39, 0.29) is 25.9 Å². The zero-order chi connectivity index (χ0) is 54.7. The Labute approximate surface area is 451 Å². The third kappa shape index (κ3) is 39.7. The summed E-state index contributed by atoms with van der Waals surface area (Å²) in [6, 6.07) is 0. The Morgan fingerprint density at radius 3 is 1.31 bits per heavy atom. The van der Waals surface area contributed by atoms with E-state index in [0.29, 0.717) is 32.1 Å². The number of carbonyl (C=O) groups excluding carboxylic acids is 3. The summed E-state index contributed by atoms with van der Waals surface area (Å²) in [5, 5.41) is 31.4. The fourth-order valence-electron chi connectivity index (χ4n) is 7.25. The number of esters is 3. The Morgan fingerprint density at radius 2 is 0.840 bits per heavy atom. The first-order valence-corrected chi connectivity index (χ1v) is 27.8. The highest BCUT2D eigenvalue weighted by atomic mass is 16.7. The summed E-state index contributed by atoms with van der Waals surface area (Å²) >= 11 is 0. The second kappa shape index (κ2) is 49.5. The fraction of sp³-hybridized carbons (Fsp3) is 0.556. The van der Waals surface area contributed by atoms with Gasteiger partial charge in [0, 0.05) is 19.3 Å². The van der Waals surface area contributed by atoms with E-state index in [1.54, 1.807) is 0 Å². The molecule has 0 spiro atoms. The second-order valence-electron chi connectivity index (χ2n) is 18.1. The number of aliphatic hydroxyl groups excluding tert-OH is 2. The molecule has 1 fully saturated rings. The third-order valence-electron chi connectivity index (χ3n) is 11.4. The minimum atomic E-state index is -1.94. The monoisotopic (exact) mass is 1040 g/mol. The number of ether oxygens (including phenoxy) is 5. The van der Waals surface area contributed by atoms with Gasteiger partial charge in [0.05, 0.1) is 6.61 Å². The molecule has 1 heterocycles. The molecule has 1 rings (SSSR count). The summed E-state index contributed by atoms with van der Waals surface area (Å²) in [6.45, 7) is 5.51. The number of rotatable bonds is 44. The number of hydrogen-bond donors (Lipinski definition) is 3. The molecule has 418 valence electrons. The molecule has 0 aromatic carbocycles. The average Bonchev–Trinajstić information content (AvgIpc) is 3.39. The highest BCUT2D eigenvalue weighted by Gasteiger charge is 2.50. The molecular weight excluding hydrogens is 949 g/mol. The van der Waals surface area contributed by atoms with Crippen LogP contribution in [-0.2, 0) is 42.9 Å². The van der Waals surface area contributed by atoms with Crippen LogP contribution in [0.1, 0.15) is 175 Å². The maximum Gasteiger partial charge on any atom is 0.335 e. The zero-order valence-corrected chi connectivity index (χ0v) is 45.7. The molecule has 6 unspecified atom stereocenters. The van der Waals surface area contributed by atoms with Crippen LogP contribution in [0, 0.1) is 0 Å². The summed E-state index contributed by atoms with van der Waals surface area (Å²) in [6.07, 6.45) is 58.5. The van der Waals surface area contributed by atoms with Crippen LogP contribution >= 0.6 is 0 Å². The molecule has 0 saturated carbocycles. The van der Waals surface area contributed by atoms with E-state index in [0.717, 1.165) is 103 Å². The van der Waals surface area contributed by atoms with Crippen molar-refractivity contribution in [3.8, 4) is 0 Å². The molecule has 75 heavy (non-hydrogen) atoms. The van der Waals surface area contributed by atoms with Crippen molar-refractivity contribution in [1.82, 2.24) is 0 Å². The molecule has 0 radical (unpaired) electrons. The standard InChI is InChI=1S/C63H94O12/c1-4-7-10-13-16-19-22-25-27-28-30-33-36-39-42-45-48-51-57(66)74-61-59(68)58(67)60(62(69)70)75-63(61)72-53-54(73-56(65)50-47-44-41-38-35-31-24-21-18-15-12-9-6-3)52-71-55(64)49-46-43-40-37-34-32-29-26-23-20-17-14-11-8-5-2/h7-12,16-21,25-27,29-31,33,35,39,41-42,44,54,58-61,63,67-68H,4-6,13-15,22-24,28,32,34,36-38,40,43,45-53H2,1-3H3,(H,69,70)/b10-7-,11-8-,12-9-,19-16-,20-17-,21-18-,27-25-,29-26-,33-30-,35-31-,42-39-,44-41-. The van der Waals surface area contributed by atoms with Crippen molar-refractivity contribution in [2.45, 2.75) is 212 Å². The molecule has 1 aliphatic rings. The maximum atomic E-state index is 13.1. The van der Waals surface area contributed by atoms with Crippen LogP contribution in [0.4, 0.5) is 0 Å². The molecule has 0 aromatic rings. The molecule has 0 aliphatic carbocycles. The van der Waals surface area contributed by atoms with Crippen LogP contribution in [0.25, 0.3) is 0 Å². The molecule has 1 aliphatic heterocycles. The van der Waals surface area contributed by atoms with E-state index >= 15 is 0 Å². The number of aliphatic carboxylic acids is 1. The third-order valence-corrected chi connectivity index (χ3v) is 11.4. The summed E-state index contributed by atoms with van der Waals surface area (Å²) < 4.78 is 28.2. The Morgan fingerprint density at radius 1 is 0.440 bits per heavy atom. The Balaban J connectivity index is 2.80. The van der Waals surface area contributed by atoms with Gasteiger partial charge >= 0.3 is 23.9 Å².